The van der Waals surface area contributed by atoms with Crippen molar-refractivity contribution in [2.75, 3.05) is 12.4 Å². The van der Waals surface area contributed by atoms with Gasteiger partial charge in [0.15, 0.2) is 11.5 Å². The number of nitrogens with zero attached hydrogens (tertiary/aromatic N) is 4. The maximum Gasteiger partial charge on any atom is 0.433 e. The summed E-state index contributed by atoms with van der Waals surface area (Å²) in [7, 11) is 1.47. The topological polar surface area (TPSA) is 72.8 Å². The van der Waals surface area contributed by atoms with Crippen LogP contribution >= 0.6 is 0 Å². The molecule has 3 aromatic heterocycles. The van der Waals surface area contributed by atoms with Crippen LogP contribution < -0.4 is 10.1 Å². The van der Waals surface area contributed by atoms with Gasteiger partial charge in [0.2, 0.25) is 5.88 Å². The number of aromatic nitrogens is 4. The first-order valence-electron chi connectivity index (χ1n) is 7.56. The molecule has 3 aromatic rings. The third kappa shape index (κ3) is 4.05. The second-order valence-electron chi connectivity index (χ2n) is 5.22. The molecule has 0 radical (unpaired) electrons. The van der Waals surface area contributed by atoms with Crippen molar-refractivity contribution < 1.29 is 17.9 Å². The fourth-order valence-corrected chi connectivity index (χ4v) is 2.24. The normalized spacial score (nSPS) is 11.2. The minimum Gasteiger partial charge on any atom is -0.481 e. The molecular weight excluding hydrogens is 347 g/mol. The number of nitrogens with one attached hydrogen (secondary N) is 1. The molecule has 0 aliphatic carbocycles. The molecule has 0 aliphatic heterocycles. The van der Waals surface area contributed by atoms with E-state index in [0.717, 1.165) is 6.07 Å². The van der Waals surface area contributed by atoms with Gasteiger partial charge >= 0.3 is 6.18 Å². The summed E-state index contributed by atoms with van der Waals surface area (Å²) in [6.07, 6.45) is -0.0947. The van der Waals surface area contributed by atoms with E-state index in [1.807, 2.05) is 0 Å². The van der Waals surface area contributed by atoms with Crippen LogP contribution in [-0.4, -0.2) is 27.0 Å². The molecule has 9 heteroatoms. The van der Waals surface area contributed by atoms with E-state index in [1.54, 1.807) is 30.5 Å². The van der Waals surface area contributed by atoms with E-state index in [4.69, 9.17) is 4.74 Å². The number of pyridine rings is 2. The summed E-state index contributed by atoms with van der Waals surface area (Å²) in [6.45, 7) is 0.196. The first kappa shape index (κ1) is 17.6. The zero-order valence-corrected chi connectivity index (χ0v) is 13.7. The van der Waals surface area contributed by atoms with Gasteiger partial charge in [-0.25, -0.2) is 15.0 Å². The van der Waals surface area contributed by atoms with E-state index >= 15 is 0 Å². The molecule has 1 N–H and O–H groups in total. The van der Waals surface area contributed by atoms with Crippen molar-refractivity contribution in [1.29, 1.82) is 0 Å². The van der Waals surface area contributed by atoms with Crippen molar-refractivity contribution in [1.82, 2.24) is 19.9 Å². The Kier molecular flexibility index (Phi) is 4.97. The molecule has 0 saturated heterocycles. The van der Waals surface area contributed by atoms with Gasteiger partial charge in [0, 0.05) is 42.3 Å². The Hall–Kier alpha value is -3.23. The molecule has 0 saturated carbocycles. The van der Waals surface area contributed by atoms with Crippen LogP contribution in [0.1, 0.15) is 11.3 Å². The van der Waals surface area contributed by atoms with Crippen LogP contribution in [0.25, 0.3) is 11.4 Å². The van der Waals surface area contributed by atoms with Crippen LogP contribution in [0, 0.1) is 0 Å². The zero-order chi connectivity index (χ0) is 18.6. The Bertz CT molecular complexity index is 887. The number of anilines is 1. The largest absolute Gasteiger partial charge is 0.481 e. The van der Waals surface area contributed by atoms with Gasteiger partial charge in [-0.2, -0.15) is 13.2 Å². The number of alkyl halides is 3. The Morgan fingerprint density at radius 3 is 2.54 bits per heavy atom. The number of rotatable bonds is 5. The van der Waals surface area contributed by atoms with Crippen molar-refractivity contribution in [3.63, 3.8) is 0 Å². The Morgan fingerprint density at radius 1 is 1.08 bits per heavy atom. The average Bonchev–Trinajstić information content (AvgIpc) is 2.66. The summed E-state index contributed by atoms with van der Waals surface area (Å²) in [5, 5.41) is 2.87. The summed E-state index contributed by atoms with van der Waals surface area (Å²) >= 11 is 0. The molecule has 0 aliphatic rings. The highest BCUT2D eigenvalue weighted by atomic mass is 19.4. The van der Waals surface area contributed by atoms with Crippen molar-refractivity contribution in [3.05, 3.63) is 60.2 Å². The number of hydrogen-bond acceptors (Lipinski definition) is 6. The smallest absolute Gasteiger partial charge is 0.433 e. The van der Waals surface area contributed by atoms with Gasteiger partial charge in [-0.15, -0.1) is 0 Å². The van der Waals surface area contributed by atoms with Gasteiger partial charge in [-0.3, -0.25) is 4.98 Å². The average molecular weight is 361 g/mol. The minimum atomic E-state index is -4.59. The first-order chi connectivity index (χ1) is 12.5. The second kappa shape index (κ2) is 7.34. The molecule has 6 nitrogen and oxygen atoms in total. The van der Waals surface area contributed by atoms with E-state index in [2.05, 4.69) is 25.3 Å². The zero-order valence-electron chi connectivity index (χ0n) is 13.7. The summed E-state index contributed by atoms with van der Waals surface area (Å²) < 4.78 is 44.7. The summed E-state index contributed by atoms with van der Waals surface area (Å²) in [6, 6.07) is 7.43. The lowest BCUT2D eigenvalue weighted by Crippen LogP contribution is -2.12. The lowest BCUT2D eigenvalue weighted by Gasteiger charge is -2.13. The highest BCUT2D eigenvalue weighted by Gasteiger charge is 2.33. The van der Waals surface area contributed by atoms with Crippen molar-refractivity contribution >= 4 is 5.82 Å². The summed E-state index contributed by atoms with van der Waals surface area (Å²) in [5.41, 5.74) is 0.0979. The number of methoxy groups -OCH3 is 1. The number of halogens is 3. The molecule has 26 heavy (non-hydrogen) atoms. The third-order valence-electron chi connectivity index (χ3n) is 3.46. The van der Waals surface area contributed by atoms with E-state index in [0.29, 0.717) is 17.0 Å². The monoisotopic (exact) mass is 361 g/mol. The maximum atomic E-state index is 13.2. The van der Waals surface area contributed by atoms with Crippen molar-refractivity contribution in [2.45, 2.75) is 12.7 Å². The van der Waals surface area contributed by atoms with Crippen molar-refractivity contribution in [3.8, 4) is 17.3 Å². The molecule has 0 amide bonds. The molecular formula is C17H14F3N5O. The highest BCUT2D eigenvalue weighted by molar-refractivity contribution is 5.57. The first-order valence-corrected chi connectivity index (χ1v) is 7.56. The molecule has 3 heterocycles. The second-order valence-corrected chi connectivity index (χ2v) is 5.22. The van der Waals surface area contributed by atoms with Crippen molar-refractivity contribution in [2.24, 2.45) is 0 Å². The molecule has 0 spiro atoms. The molecule has 134 valence electrons. The Labute approximate surface area is 147 Å². The van der Waals surface area contributed by atoms with Gasteiger partial charge in [0.25, 0.3) is 0 Å². The molecule has 0 unspecified atom stereocenters. The van der Waals surface area contributed by atoms with Crippen LogP contribution in [0.15, 0.2) is 48.9 Å². The van der Waals surface area contributed by atoms with E-state index in [-0.39, 0.29) is 18.2 Å². The predicted molar refractivity (Wildman–Crippen MR) is 88.4 cm³/mol. The standard InChI is InChI=1S/C17H14F3N5O/c1-26-16-12(3-2-6-22-16)10-23-14-9-13(17(18,19)20)24-15(25-14)11-4-7-21-8-5-11/h2-9H,10H2,1H3,(H,23,24,25). The van der Waals surface area contributed by atoms with Crippen LogP contribution in [0.3, 0.4) is 0 Å². The summed E-state index contributed by atoms with van der Waals surface area (Å²) in [4.78, 5) is 15.7. The highest BCUT2D eigenvalue weighted by Crippen LogP contribution is 2.31. The lowest BCUT2D eigenvalue weighted by molar-refractivity contribution is -0.141. The summed E-state index contributed by atoms with van der Waals surface area (Å²) in [5.74, 6) is 0.396. The molecule has 3 rings (SSSR count). The Morgan fingerprint density at radius 2 is 1.85 bits per heavy atom. The van der Waals surface area contributed by atoms with Crippen LogP contribution in [0.4, 0.5) is 19.0 Å². The fraction of sp³-hybridized carbons (Fsp3) is 0.176. The van der Waals surface area contributed by atoms with Gasteiger partial charge in [0.05, 0.1) is 7.11 Å². The van der Waals surface area contributed by atoms with Crippen LogP contribution in [0.5, 0.6) is 5.88 Å². The fourth-order valence-electron chi connectivity index (χ4n) is 2.24. The maximum absolute atomic E-state index is 13.2. The minimum absolute atomic E-state index is 0.0390. The molecule has 0 atom stereocenters. The molecule has 0 bridgehead atoms. The van der Waals surface area contributed by atoms with E-state index < -0.39 is 11.9 Å². The lowest BCUT2D eigenvalue weighted by atomic mass is 10.2. The number of ether oxygens (including phenoxy) is 1. The third-order valence-corrected chi connectivity index (χ3v) is 3.46. The van der Waals surface area contributed by atoms with Gasteiger partial charge in [0.1, 0.15) is 5.82 Å². The van der Waals surface area contributed by atoms with Gasteiger partial charge in [-0.1, -0.05) is 6.07 Å². The number of hydrogen-bond donors (Lipinski definition) is 1. The quantitative estimate of drug-likeness (QED) is 0.749. The SMILES string of the molecule is COc1ncccc1CNc1cc(C(F)(F)F)nc(-c2ccncc2)n1. The van der Waals surface area contributed by atoms with Crippen LogP contribution in [-0.2, 0) is 12.7 Å². The predicted octanol–water partition coefficient (Wildman–Crippen LogP) is 3.57. The van der Waals surface area contributed by atoms with Crippen LogP contribution in [0.2, 0.25) is 0 Å². The molecule has 0 fully saturated rings. The van der Waals surface area contributed by atoms with Gasteiger partial charge < -0.3 is 10.1 Å². The van der Waals surface area contributed by atoms with E-state index in [1.165, 1.54) is 19.5 Å². The van der Waals surface area contributed by atoms with E-state index in [9.17, 15) is 13.2 Å². The molecule has 0 aromatic carbocycles. The Balaban J connectivity index is 1.93. The van der Waals surface area contributed by atoms with Gasteiger partial charge in [-0.05, 0) is 18.2 Å².